The van der Waals surface area contributed by atoms with Crippen LogP contribution in [-0.4, -0.2) is 12.3 Å². The van der Waals surface area contributed by atoms with E-state index < -0.39 is 0 Å². The number of carbonyl (C=O) groups is 1. The fraction of sp³-hybridized carbons (Fsp3) is 0.286. The molecule has 24 heavy (non-hydrogen) atoms. The molecular formula is C21H22N2O. The van der Waals surface area contributed by atoms with Crippen molar-refractivity contribution in [2.75, 3.05) is 11.4 Å². The van der Waals surface area contributed by atoms with Gasteiger partial charge in [-0.25, -0.2) is 0 Å². The average Bonchev–Trinajstić information content (AvgIpc) is 2.88. The van der Waals surface area contributed by atoms with Crippen LogP contribution in [0.15, 0.2) is 48.0 Å². The molecule has 1 atom stereocenters. The largest absolute Gasteiger partial charge is 0.341 e. The third-order valence-electron chi connectivity index (χ3n) is 5.17. The number of ketones is 1. The molecule has 0 bridgehead atoms. The number of anilines is 1. The summed E-state index contributed by atoms with van der Waals surface area (Å²) >= 11 is 0. The molecule has 2 aromatic rings. The third kappa shape index (κ3) is 1.91. The molecule has 0 radical (unpaired) electrons. The number of nitrogens with zero attached hydrogens (tertiary/aromatic N) is 1. The monoisotopic (exact) mass is 318 g/mol. The lowest BCUT2D eigenvalue weighted by atomic mass is 9.91. The molecule has 1 heterocycles. The number of Topliss-reactive ketones (excluding diaryl/α,β-unsaturated/α-hetero) is 1. The predicted molar refractivity (Wildman–Crippen MR) is 98.2 cm³/mol. The van der Waals surface area contributed by atoms with Crippen LogP contribution in [0.2, 0.25) is 0 Å². The lowest BCUT2D eigenvalue weighted by Gasteiger charge is -2.35. The second-order valence-electron chi connectivity index (χ2n) is 6.83. The Bertz CT molecular complexity index is 879. The number of carbonyl (C=O) groups excluding carboxylic acids is 1. The Morgan fingerprint density at radius 2 is 1.88 bits per heavy atom. The third-order valence-corrected chi connectivity index (χ3v) is 5.17. The highest BCUT2D eigenvalue weighted by Crippen LogP contribution is 2.48. The van der Waals surface area contributed by atoms with Gasteiger partial charge in [0.2, 0.25) is 0 Å². The predicted octanol–water partition coefficient (Wildman–Crippen LogP) is 4.26. The van der Waals surface area contributed by atoms with Crippen molar-refractivity contribution in [2.24, 2.45) is 5.73 Å². The maximum atomic E-state index is 13.1. The Balaban J connectivity index is 1.94. The van der Waals surface area contributed by atoms with Crippen molar-refractivity contribution in [3.05, 3.63) is 70.3 Å². The summed E-state index contributed by atoms with van der Waals surface area (Å²) in [5.41, 5.74) is 13.4. The maximum absolute atomic E-state index is 13.1. The van der Waals surface area contributed by atoms with Gasteiger partial charge in [0.05, 0.1) is 11.7 Å². The highest BCUT2D eigenvalue weighted by molar-refractivity contribution is 6.23. The van der Waals surface area contributed by atoms with Crippen molar-refractivity contribution in [1.29, 1.82) is 0 Å². The van der Waals surface area contributed by atoms with Gasteiger partial charge in [-0.2, -0.15) is 0 Å². The molecular weight excluding hydrogens is 296 g/mol. The summed E-state index contributed by atoms with van der Waals surface area (Å²) in [6.45, 7) is 7.22. The quantitative estimate of drug-likeness (QED) is 0.900. The van der Waals surface area contributed by atoms with E-state index >= 15 is 0 Å². The van der Waals surface area contributed by atoms with E-state index in [9.17, 15) is 4.79 Å². The standard InChI is InChI=1S/C21H22N2O/c1-4-23-17-8-6-5-7-15(17)19(22)18-20(23)14-10-9-13(12(2)3)11-16(14)21(18)24/h5-12,19H,4,22H2,1-3H3. The van der Waals surface area contributed by atoms with Crippen LogP contribution in [0, 0.1) is 0 Å². The highest BCUT2D eigenvalue weighted by Gasteiger charge is 2.40. The van der Waals surface area contributed by atoms with Crippen LogP contribution in [0.25, 0.3) is 5.70 Å². The van der Waals surface area contributed by atoms with Gasteiger partial charge in [-0.3, -0.25) is 4.79 Å². The SMILES string of the molecule is CCN1C2=C(C(=O)c3cc(C(C)C)ccc32)C(N)c2ccccc21. The first-order chi connectivity index (χ1) is 11.5. The molecule has 0 amide bonds. The van der Waals surface area contributed by atoms with Crippen LogP contribution in [0.4, 0.5) is 5.69 Å². The summed E-state index contributed by atoms with van der Waals surface area (Å²) in [5.74, 6) is 0.483. The van der Waals surface area contributed by atoms with Crippen LogP contribution in [-0.2, 0) is 0 Å². The summed E-state index contributed by atoms with van der Waals surface area (Å²) in [6, 6.07) is 14.0. The number of rotatable bonds is 2. The second-order valence-corrected chi connectivity index (χ2v) is 6.83. The number of para-hydroxylation sites is 1. The van der Waals surface area contributed by atoms with Gasteiger partial charge in [0.25, 0.3) is 0 Å². The number of nitrogens with two attached hydrogens (primary N) is 1. The molecule has 2 aliphatic rings. The molecule has 4 rings (SSSR count). The molecule has 0 saturated carbocycles. The minimum absolute atomic E-state index is 0.0861. The van der Waals surface area contributed by atoms with Crippen molar-refractivity contribution in [1.82, 2.24) is 0 Å². The van der Waals surface area contributed by atoms with Crippen molar-refractivity contribution < 1.29 is 4.79 Å². The number of hydrogen-bond donors (Lipinski definition) is 1. The summed E-state index contributed by atoms with van der Waals surface area (Å²) in [5, 5.41) is 0. The zero-order chi connectivity index (χ0) is 17.0. The second kappa shape index (κ2) is 5.32. The molecule has 3 heteroatoms. The van der Waals surface area contributed by atoms with Gasteiger partial charge in [-0.15, -0.1) is 0 Å². The first-order valence-electron chi connectivity index (χ1n) is 8.59. The average molecular weight is 318 g/mol. The Morgan fingerprint density at radius 3 is 2.58 bits per heavy atom. The number of hydrogen-bond acceptors (Lipinski definition) is 3. The van der Waals surface area contributed by atoms with E-state index in [0.29, 0.717) is 5.92 Å². The first-order valence-corrected chi connectivity index (χ1v) is 8.59. The normalized spacial score (nSPS) is 18.8. The topological polar surface area (TPSA) is 46.3 Å². The van der Waals surface area contributed by atoms with Gasteiger partial charge < -0.3 is 10.6 Å². The molecule has 0 spiro atoms. The minimum atomic E-state index is -0.360. The molecule has 0 aromatic heterocycles. The molecule has 3 nitrogen and oxygen atoms in total. The molecule has 122 valence electrons. The van der Waals surface area contributed by atoms with E-state index in [1.54, 1.807) is 0 Å². The Hall–Kier alpha value is -2.39. The molecule has 1 aliphatic carbocycles. The van der Waals surface area contributed by atoms with Crippen LogP contribution in [0.1, 0.15) is 59.8 Å². The van der Waals surface area contributed by atoms with E-state index in [2.05, 4.69) is 43.9 Å². The van der Waals surface area contributed by atoms with Gasteiger partial charge in [0.1, 0.15) is 0 Å². The summed E-state index contributed by atoms with van der Waals surface area (Å²) in [6.07, 6.45) is 0. The molecule has 2 aromatic carbocycles. The van der Waals surface area contributed by atoms with Crippen LogP contribution >= 0.6 is 0 Å². The smallest absolute Gasteiger partial charge is 0.193 e. The van der Waals surface area contributed by atoms with Crippen molar-refractivity contribution in [3.8, 4) is 0 Å². The Morgan fingerprint density at radius 1 is 1.12 bits per heavy atom. The maximum Gasteiger partial charge on any atom is 0.193 e. The lowest BCUT2D eigenvalue weighted by Crippen LogP contribution is -2.31. The lowest BCUT2D eigenvalue weighted by molar-refractivity contribution is 0.103. The van der Waals surface area contributed by atoms with E-state index in [0.717, 1.165) is 40.2 Å². The van der Waals surface area contributed by atoms with Crippen LogP contribution < -0.4 is 10.6 Å². The number of benzene rings is 2. The summed E-state index contributed by atoms with van der Waals surface area (Å²) in [4.78, 5) is 15.4. The van der Waals surface area contributed by atoms with Crippen LogP contribution in [0.5, 0.6) is 0 Å². The van der Waals surface area contributed by atoms with Crippen molar-refractivity contribution in [3.63, 3.8) is 0 Å². The van der Waals surface area contributed by atoms with Crippen LogP contribution in [0.3, 0.4) is 0 Å². The highest BCUT2D eigenvalue weighted by atomic mass is 16.1. The van der Waals surface area contributed by atoms with Gasteiger partial charge in [-0.05, 0) is 36.1 Å². The van der Waals surface area contributed by atoms with E-state index in [1.165, 1.54) is 5.56 Å². The van der Waals surface area contributed by atoms with Gasteiger partial charge in [0.15, 0.2) is 5.78 Å². The van der Waals surface area contributed by atoms with Gasteiger partial charge in [0, 0.05) is 28.9 Å². The van der Waals surface area contributed by atoms with E-state index in [1.807, 2.05) is 24.3 Å². The minimum Gasteiger partial charge on any atom is -0.341 e. The van der Waals surface area contributed by atoms with Crippen molar-refractivity contribution >= 4 is 17.2 Å². The fourth-order valence-corrected chi connectivity index (χ4v) is 3.89. The molecule has 1 aliphatic heterocycles. The molecule has 2 N–H and O–H groups in total. The Labute approximate surface area is 142 Å². The van der Waals surface area contributed by atoms with E-state index in [4.69, 9.17) is 5.73 Å². The molecule has 1 unspecified atom stereocenters. The van der Waals surface area contributed by atoms with Crippen molar-refractivity contribution in [2.45, 2.75) is 32.7 Å². The zero-order valence-corrected chi connectivity index (χ0v) is 14.3. The number of fused-ring (bicyclic) bond motifs is 3. The van der Waals surface area contributed by atoms with Gasteiger partial charge >= 0.3 is 0 Å². The fourth-order valence-electron chi connectivity index (χ4n) is 3.89. The summed E-state index contributed by atoms with van der Waals surface area (Å²) in [7, 11) is 0. The molecule has 0 saturated heterocycles. The molecule has 0 fully saturated rings. The van der Waals surface area contributed by atoms with E-state index in [-0.39, 0.29) is 11.8 Å². The zero-order valence-electron chi connectivity index (χ0n) is 14.3. The Kier molecular flexibility index (Phi) is 3.36. The van der Waals surface area contributed by atoms with Gasteiger partial charge in [-0.1, -0.05) is 44.2 Å². The summed E-state index contributed by atoms with van der Waals surface area (Å²) < 4.78 is 0. The first kappa shape index (κ1) is 15.2.